The average Bonchev–Trinajstić information content (AvgIpc) is 3.14. The Bertz CT molecular complexity index is 783. The van der Waals surface area contributed by atoms with Crippen molar-refractivity contribution in [3.05, 3.63) is 29.8 Å². The fourth-order valence-electron chi connectivity index (χ4n) is 3.64. The van der Waals surface area contributed by atoms with Gasteiger partial charge in [-0.2, -0.15) is 17.5 Å². The number of hydrogen-bond acceptors (Lipinski definition) is 4. The smallest absolute Gasteiger partial charge is 0.352 e. The Kier molecular flexibility index (Phi) is 6.31. The summed E-state index contributed by atoms with van der Waals surface area (Å²) in [4.78, 5) is 13.8. The Morgan fingerprint density at radius 2 is 1.61 bits per heavy atom. The lowest BCUT2D eigenvalue weighted by Crippen LogP contribution is -2.51. The van der Waals surface area contributed by atoms with E-state index in [1.807, 2.05) is 4.90 Å². The molecule has 1 saturated heterocycles. The number of benzene rings is 1. The van der Waals surface area contributed by atoms with Crippen molar-refractivity contribution in [2.45, 2.75) is 42.8 Å². The number of halogens is 3. The second kappa shape index (κ2) is 8.38. The molecule has 1 aliphatic heterocycles. The number of carbonyl (C=O) groups is 1. The number of rotatable bonds is 5. The summed E-state index contributed by atoms with van der Waals surface area (Å²) in [5.74, 6) is -0.0500. The minimum atomic E-state index is -4.51. The quantitative estimate of drug-likeness (QED) is 0.793. The van der Waals surface area contributed by atoms with Crippen LogP contribution in [0.5, 0.6) is 0 Å². The average molecular weight is 419 g/mol. The van der Waals surface area contributed by atoms with Crippen LogP contribution in [-0.4, -0.2) is 62.3 Å². The van der Waals surface area contributed by atoms with Gasteiger partial charge < -0.3 is 5.32 Å². The molecule has 3 rings (SSSR count). The van der Waals surface area contributed by atoms with E-state index in [4.69, 9.17) is 0 Å². The molecule has 1 amide bonds. The topological polar surface area (TPSA) is 69.7 Å². The van der Waals surface area contributed by atoms with E-state index in [1.54, 1.807) is 0 Å². The van der Waals surface area contributed by atoms with Crippen molar-refractivity contribution in [3.63, 3.8) is 0 Å². The Morgan fingerprint density at radius 1 is 1.04 bits per heavy atom. The highest BCUT2D eigenvalue weighted by Crippen LogP contribution is 2.30. The number of sulfonamides is 1. The highest BCUT2D eigenvalue weighted by atomic mass is 32.2. The molecule has 1 N–H and O–H groups in total. The molecule has 1 aromatic rings. The summed E-state index contributed by atoms with van der Waals surface area (Å²) >= 11 is 0. The lowest BCUT2D eigenvalue weighted by Gasteiger charge is -2.33. The maximum atomic E-state index is 12.7. The van der Waals surface area contributed by atoms with Gasteiger partial charge in [-0.3, -0.25) is 9.69 Å². The maximum Gasteiger partial charge on any atom is 0.416 e. The third-order valence-corrected chi connectivity index (χ3v) is 7.15. The van der Waals surface area contributed by atoms with Crippen LogP contribution in [0.25, 0.3) is 0 Å². The predicted molar refractivity (Wildman–Crippen MR) is 97.0 cm³/mol. The molecule has 0 spiro atoms. The monoisotopic (exact) mass is 419 g/mol. The minimum Gasteiger partial charge on any atom is -0.352 e. The summed E-state index contributed by atoms with van der Waals surface area (Å²) in [6, 6.07) is 3.76. The molecular weight excluding hydrogens is 395 g/mol. The van der Waals surface area contributed by atoms with Gasteiger partial charge in [-0.05, 0) is 37.1 Å². The zero-order valence-electron chi connectivity index (χ0n) is 15.4. The van der Waals surface area contributed by atoms with E-state index >= 15 is 0 Å². The van der Waals surface area contributed by atoms with E-state index in [-0.39, 0.29) is 36.5 Å². The molecule has 28 heavy (non-hydrogen) atoms. The first kappa shape index (κ1) is 21.1. The summed E-state index contributed by atoms with van der Waals surface area (Å²) in [5, 5.41) is 3.01. The molecule has 1 heterocycles. The Morgan fingerprint density at radius 3 is 2.14 bits per heavy atom. The highest BCUT2D eigenvalue weighted by molar-refractivity contribution is 7.89. The predicted octanol–water partition coefficient (Wildman–Crippen LogP) is 2.07. The van der Waals surface area contributed by atoms with Crippen molar-refractivity contribution in [2.75, 3.05) is 32.7 Å². The number of nitrogens with one attached hydrogen (secondary N) is 1. The Labute approximate surface area is 162 Å². The molecule has 0 atom stereocenters. The van der Waals surface area contributed by atoms with Gasteiger partial charge in [-0.25, -0.2) is 8.42 Å². The van der Waals surface area contributed by atoms with Crippen molar-refractivity contribution in [1.29, 1.82) is 0 Å². The Balaban J connectivity index is 1.54. The Hall–Kier alpha value is -1.65. The van der Waals surface area contributed by atoms with Gasteiger partial charge >= 0.3 is 6.18 Å². The summed E-state index contributed by atoms with van der Waals surface area (Å²) in [6.07, 6.45) is -0.236. The van der Waals surface area contributed by atoms with Crippen molar-refractivity contribution < 1.29 is 26.4 Å². The van der Waals surface area contributed by atoms with Crippen molar-refractivity contribution >= 4 is 15.9 Å². The van der Waals surface area contributed by atoms with Crippen LogP contribution >= 0.6 is 0 Å². The maximum absolute atomic E-state index is 12.7. The first-order chi connectivity index (χ1) is 13.2. The largest absolute Gasteiger partial charge is 0.416 e. The van der Waals surface area contributed by atoms with Gasteiger partial charge in [0.25, 0.3) is 0 Å². The molecule has 156 valence electrons. The lowest BCUT2D eigenvalue weighted by molar-refractivity contribution is -0.137. The number of nitrogens with zero attached hydrogens (tertiary/aromatic N) is 2. The van der Waals surface area contributed by atoms with Crippen LogP contribution < -0.4 is 5.32 Å². The van der Waals surface area contributed by atoms with Crippen molar-refractivity contribution in [2.24, 2.45) is 0 Å². The highest BCUT2D eigenvalue weighted by Gasteiger charge is 2.33. The first-order valence-corrected chi connectivity index (χ1v) is 10.8. The molecule has 0 unspecified atom stereocenters. The number of carbonyl (C=O) groups excluding carboxylic acids is 1. The van der Waals surface area contributed by atoms with E-state index in [1.165, 1.54) is 4.31 Å². The van der Waals surface area contributed by atoms with Crippen molar-refractivity contribution in [3.8, 4) is 0 Å². The van der Waals surface area contributed by atoms with E-state index < -0.39 is 21.8 Å². The van der Waals surface area contributed by atoms with Crippen LogP contribution in [0.3, 0.4) is 0 Å². The molecule has 1 aliphatic carbocycles. The molecule has 6 nitrogen and oxygen atoms in total. The normalized spacial score (nSPS) is 20.4. The zero-order valence-corrected chi connectivity index (χ0v) is 16.2. The summed E-state index contributed by atoms with van der Waals surface area (Å²) in [6.45, 7) is 1.42. The van der Waals surface area contributed by atoms with E-state index in [0.717, 1.165) is 49.9 Å². The molecule has 2 fully saturated rings. The molecule has 1 saturated carbocycles. The minimum absolute atomic E-state index is 0.0500. The molecule has 10 heteroatoms. The number of hydrogen-bond donors (Lipinski definition) is 1. The molecule has 0 aromatic heterocycles. The van der Waals surface area contributed by atoms with Gasteiger partial charge in [0.2, 0.25) is 15.9 Å². The van der Waals surface area contributed by atoms with Crippen LogP contribution in [0.1, 0.15) is 31.2 Å². The van der Waals surface area contributed by atoms with E-state index in [9.17, 15) is 26.4 Å². The van der Waals surface area contributed by atoms with Gasteiger partial charge in [0, 0.05) is 32.2 Å². The fourth-order valence-corrected chi connectivity index (χ4v) is 5.06. The molecular formula is C18H24F3N3O3S. The molecule has 0 radical (unpaired) electrons. The summed E-state index contributed by atoms with van der Waals surface area (Å²) in [7, 11) is -3.86. The third-order valence-electron chi connectivity index (χ3n) is 5.24. The van der Waals surface area contributed by atoms with Crippen LogP contribution in [0.15, 0.2) is 29.2 Å². The van der Waals surface area contributed by atoms with Crippen LogP contribution in [0.2, 0.25) is 0 Å². The number of amides is 1. The zero-order chi connectivity index (χ0) is 20.4. The molecule has 1 aromatic carbocycles. The second-order valence-electron chi connectivity index (χ2n) is 7.25. The van der Waals surface area contributed by atoms with Gasteiger partial charge in [0.05, 0.1) is 17.0 Å². The summed E-state index contributed by atoms with van der Waals surface area (Å²) < 4.78 is 64.5. The fraction of sp³-hybridized carbons (Fsp3) is 0.611. The van der Waals surface area contributed by atoms with Gasteiger partial charge in [0.15, 0.2) is 0 Å². The van der Waals surface area contributed by atoms with Gasteiger partial charge in [-0.15, -0.1) is 0 Å². The number of piperazine rings is 1. The van der Waals surface area contributed by atoms with Crippen molar-refractivity contribution in [1.82, 2.24) is 14.5 Å². The lowest BCUT2D eigenvalue weighted by atomic mass is 10.2. The third kappa shape index (κ3) is 5.03. The molecule has 2 aliphatic rings. The van der Waals surface area contributed by atoms with Crippen LogP contribution in [0, 0.1) is 0 Å². The van der Waals surface area contributed by atoms with E-state index in [2.05, 4.69) is 5.32 Å². The van der Waals surface area contributed by atoms with Gasteiger partial charge in [-0.1, -0.05) is 12.8 Å². The SMILES string of the molecule is O=C(CN1CCN(S(=O)(=O)c2ccc(C(F)(F)F)cc2)CC1)NC1CCCC1. The standard InChI is InChI=1S/C18H24F3N3O3S/c19-18(20,21)14-5-7-16(8-6-14)28(26,27)24-11-9-23(10-12-24)13-17(25)22-15-3-1-2-4-15/h5-8,15H,1-4,9-13H2,(H,22,25). The second-order valence-corrected chi connectivity index (χ2v) is 9.19. The summed E-state index contributed by atoms with van der Waals surface area (Å²) in [5.41, 5.74) is -0.885. The first-order valence-electron chi connectivity index (χ1n) is 9.35. The van der Waals surface area contributed by atoms with Gasteiger partial charge in [0.1, 0.15) is 0 Å². The van der Waals surface area contributed by atoms with E-state index in [0.29, 0.717) is 13.1 Å². The number of alkyl halides is 3. The van der Waals surface area contributed by atoms with Crippen LogP contribution in [-0.2, 0) is 21.0 Å². The molecule has 0 bridgehead atoms. The van der Waals surface area contributed by atoms with Crippen LogP contribution in [0.4, 0.5) is 13.2 Å².